The smallest absolute Gasteiger partial charge is 0.276 e. The molecule has 1 aliphatic rings. The van der Waals surface area contributed by atoms with Crippen LogP contribution in [0.5, 0.6) is 5.75 Å². The lowest BCUT2D eigenvalue weighted by atomic mass is 9.78. The molecule has 1 aliphatic carbocycles. The first-order valence-corrected chi connectivity index (χ1v) is 9.08. The number of rotatable bonds is 4. The van der Waals surface area contributed by atoms with E-state index in [0.717, 1.165) is 12.5 Å². The summed E-state index contributed by atoms with van der Waals surface area (Å²) in [5.74, 6) is 0.523. The summed E-state index contributed by atoms with van der Waals surface area (Å²) >= 11 is 11.0. The van der Waals surface area contributed by atoms with E-state index in [4.69, 9.17) is 28.6 Å². The molecule has 0 spiro atoms. The summed E-state index contributed by atoms with van der Waals surface area (Å²) in [6.45, 7) is 4.19. The summed E-state index contributed by atoms with van der Waals surface area (Å²) < 4.78 is 18.2. The van der Waals surface area contributed by atoms with Gasteiger partial charge in [-0.15, -0.1) is 0 Å². The molecule has 1 saturated carbocycles. The molecule has 1 amide bonds. The van der Waals surface area contributed by atoms with Crippen LogP contribution in [-0.2, 0) is 4.79 Å². The van der Waals surface area contributed by atoms with Crippen molar-refractivity contribution in [2.75, 3.05) is 6.61 Å². The van der Waals surface area contributed by atoms with E-state index in [2.05, 4.69) is 30.0 Å². The van der Waals surface area contributed by atoms with Gasteiger partial charge in [-0.05, 0) is 48.7 Å². The summed E-state index contributed by atoms with van der Waals surface area (Å²) in [7, 11) is 0. The largest absolute Gasteiger partial charge is 0.482 e. The summed E-state index contributed by atoms with van der Waals surface area (Å²) in [6, 6.07) is 4.01. The van der Waals surface area contributed by atoms with Gasteiger partial charge < -0.3 is 10.1 Å². The average Bonchev–Trinajstić information content (AvgIpc) is 2.56. The SMILES string of the molecule is C[C@H]1[C@@H](NC(=S)NNC(=O)COc2ccc(F)cc2Cl)CCC[C@@H]1C. The second-order valence-electron chi connectivity index (χ2n) is 6.38. The third-order valence-electron chi connectivity index (χ3n) is 4.59. The van der Waals surface area contributed by atoms with Crippen LogP contribution in [0.25, 0.3) is 0 Å². The van der Waals surface area contributed by atoms with Crippen molar-refractivity contribution in [2.24, 2.45) is 11.8 Å². The number of hydrogen-bond donors (Lipinski definition) is 3. The van der Waals surface area contributed by atoms with Crippen LogP contribution in [0.3, 0.4) is 0 Å². The topological polar surface area (TPSA) is 62.4 Å². The van der Waals surface area contributed by atoms with Crippen LogP contribution in [0.15, 0.2) is 18.2 Å². The third kappa shape index (κ3) is 6.01. The number of hydrogen-bond acceptors (Lipinski definition) is 3. The number of thiocarbonyl (C=S) groups is 1. The zero-order valence-corrected chi connectivity index (χ0v) is 15.8. The van der Waals surface area contributed by atoms with Gasteiger partial charge in [0.15, 0.2) is 11.7 Å². The molecule has 0 bridgehead atoms. The zero-order chi connectivity index (χ0) is 18.4. The minimum atomic E-state index is -0.467. The van der Waals surface area contributed by atoms with Crippen molar-refractivity contribution in [3.8, 4) is 5.75 Å². The molecule has 5 nitrogen and oxygen atoms in total. The van der Waals surface area contributed by atoms with Crippen molar-refractivity contribution in [1.29, 1.82) is 0 Å². The van der Waals surface area contributed by atoms with Gasteiger partial charge >= 0.3 is 0 Å². The quantitative estimate of drug-likeness (QED) is 0.547. The maximum atomic E-state index is 12.9. The van der Waals surface area contributed by atoms with E-state index in [0.29, 0.717) is 23.0 Å². The van der Waals surface area contributed by atoms with Crippen LogP contribution < -0.4 is 20.9 Å². The Morgan fingerprint density at radius 3 is 2.84 bits per heavy atom. The highest BCUT2D eigenvalue weighted by Crippen LogP contribution is 2.29. The lowest BCUT2D eigenvalue weighted by molar-refractivity contribution is -0.123. The zero-order valence-electron chi connectivity index (χ0n) is 14.3. The van der Waals surface area contributed by atoms with Crippen LogP contribution in [0.2, 0.25) is 5.02 Å². The fourth-order valence-corrected chi connectivity index (χ4v) is 3.31. The van der Waals surface area contributed by atoms with Crippen molar-refractivity contribution in [3.05, 3.63) is 29.0 Å². The van der Waals surface area contributed by atoms with Crippen LogP contribution in [0, 0.1) is 17.7 Å². The molecular weight excluding hydrogens is 365 g/mol. The predicted octanol–water partition coefficient (Wildman–Crippen LogP) is 3.18. The minimum Gasteiger partial charge on any atom is -0.482 e. The summed E-state index contributed by atoms with van der Waals surface area (Å²) in [4.78, 5) is 11.8. The first-order valence-electron chi connectivity index (χ1n) is 8.30. The Morgan fingerprint density at radius 2 is 2.12 bits per heavy atom. The molecule has 138 valence electrons. The summed E-state index contributed by atoms with van der Waals surface area (Å²) in [6.07, 6.45) is 3.47. The second-order valence-corrected chi connectivity index (χ2v) is 7.20. The van der Waals surface area contributed by atoms with Gasteiger partial charge in [-0.2, -0.15) is 0 Å². The molecule has 25 heavy (non-hydrogen) atoms. The lowest BCUT2D eigenvalue weighted by Gasteiger charge is -2.35. The molecule has 1 aromatic carbocycles. The maximum Gasteiger partial charge on any atom is 0.276 e. The number of carbonyl (C=O) groups is 1. The monoisotopic (exact) mass is 387 g/mol. The van der Waals surface area contributed by atoms with Gasteiger partial charge in [0.1, 0.15) is 11.6 Å². The summed E-state index contributed by atoms with van der Waals surface area (Å²) in [5.41, 5.74) is 5.14. The van der Waals surface area contributed by atoms with E-state index in [1.807, 2.05) is 0 Å². The fraction of sp³-hybridized carbons (Fsp3) is 0.529. The van der Waals surface area contributed by atoms with E-state index in [1.54, 1.807) is 0 Å². The molecule has 1 aromatic rings. The highest BCUT2D eigenvalue weighted by Gasteiger charge is 2.27. The highest BCUT2D eigenvalue weighted by molar-refractivity contribution is 7.80. The maximum absolute atomic E-state index is 12.9. The second kappa shape index (κ2) is 9.20. The Hall–Kier alpha value is -1.60. The predicted molar refractivity (Wildman–Crippen MR) is 99.9 cm³/mol. The molecule has 0 aliphatic heterocycles. The molecule has 8 heteroatoms. The Morgan fingerprint density at radius 1 is 1.36 bits per heavy atom. The lowest BCUT2D eigenvalue weighted by Crippen LogP contribution is -2.53. The number of benzene rings is 1. The number of carbonyl (C=O) groups excluding carboxylic acids is 1. The Balaban J connectivity index is 1.71. The van der Waals surface area contributed by atoms with E-state index in [1.165, 1.54) is 25.0 Å². The van der Waals surface area contributed by atoms with Crippen molar-refractivity contribution < 1.29 is 13.9 Å². The fourth-order valence-electron chi connectivity index (χ4n) is 2.89. The van der Waals surface area contributed by atoms with Gasteiger partial charge in [0, 0.05) is 6.04 Å². The Labute approximate surface area is 157 Å². The number of nitrogens with one attached hydrogen (secondary N) is 3. The normalized spacial score (nSPS) is 22.8. The molecule has 0 heterocycles. The van der Waals surface area contributed by atoms with Crippen LogP contribution in [0.4, 0.5) is 4.39 Å². The van der Waals surface area contributed by atoms with E-state index in [-0.39, 0.29) is 17.4 Å². The number of amides is 1. The first kappa shape index (κ1) is 19.7. The van der Waals surface area contributed by atoms with Crippen molar-refractivity contribution in [3.63, 3.8) is 0 Å². The molecule has 3 N–H and O–H groups in total. The van der Waals surface area contributed by atoms with Gasteiger partial charge in [-0.3, -0.25) is 15.6 Å². The number of ether oxygens (including phenoxy) is 1. The molecule has 2 rings (SSSR count). The minimum absolute atomic E-state index is 0.110. The molecule has 0 radical (unpaired) electrons. The van der Waals surface area contributed by atoms with Gasteiger partial charge in [-0.1, -0.05) is 38.3 Å². The van der Waals surface area contributed by atoms with Gasteiger partial charge in [0.05, 0.1) is 5.02 Å². The van der Waals surface area contributed by atoms with Gasteiger partial charge in [0.2, 0.25) is 0 Å². The van der Waals surface area contributed by atoms with Crippen molar-refractivity contribution in [2.45, 2.75) is 39.2 Å². The molecule has 0 saturated heterocycles. The molecule has 0 unspecified atom stereocenters. The van der Waals surface area contributed by atoms with Gasteiger partial charge in [0.25, 0.3) is 5.91 Å². The van der Waals surface area contributed by atoms with Crippen molar-refractivity contribution >= 4 is 34.8 Å². The molecule has 1 fully saturated rings. The number of hydrazine groups is 1. The van der Waals surface area contributed by atoms with Crippen LogP contribution >= 0.6 is 23.8 Å². The molecule has 0 aromatic heterocycles. The molecule has 3 atom stereocenters. The van der Waals surface area contributed by atoms with E-state index < -0.39 is 11.7 Å². The average molecular weight is 388 g/mol. The Bertz CT molecular complexity index is 632. The van der Waals surface area contributed by atoms with Crippen molar-refractivity contribution in [1.82, 2.24) is 16.2 Å². The van der Waals surface area contributed by atoms with Gasteiger partial charge in [-0.25, -0.2) is 4.39 Å². The highest BCUT2D eigenvalue weighted by atomic mass is 35.5. The van der Waals surface area contributed by atoms with E-state index >= 15 is 0 Å². The van der Waals surface area contributed by atoms with Crippen LogP contribution in [0.1, 0.15) is 33.1 Å². The Kier molecular flexibility index (Phi) is 7.25. The van der Waals surface area contributed by atoms with E-state index in [9.17, 15) is 9.18 Å². The molecular formula is C17H23ClFN3O2S. The first-order chi connectivity index (χ1) is 11.9. The number of halogens is 2. The summed E-state index contributed by atoms with van der Waals surface area (Å²) in [5, 5.41) is 3.73. The van der Waals surface area contributed by atoms with Crippen LogP contribution in [-0.4, -0.2) is 23.7 Å². The standard InChI is InChI=1S/C17H23ClFN3O2S/c1-10-4-3-5-14(11(10)2)20-17(25)22-21-16(23)9-24-15-7-6-12(19)8-13(15)18/h6-8,10-11,14H,3-5,9H2,1-2H3,(H,21,23)(H2,20,22,25)/t10-,11+,14-/m0/s1. The third-order valence-corrected chi connectivity index (χ3v) is 5.11.